The summed E-state index contributed by atoms with van der Waals surface area (Å²) in [4.78, 5) is 22.6. The van der Waals surface area contributed by atoms with Crippen molar-refractivity contribution in [2.45, 2.75) is 4.90 Å². The van der Waals surface area contributed by atoms with Gasteiger partial charge in [-0.2, -0.15) is 0 Å². The molecule has 0 aromatic heterocycles. The van der Waals surface area contributed by atoms with Crippen molar-refractivity contribution in [3.8, 4) is 0 Å². The fraction of sp³-hybridized carbons (Fsp3) is 0.200. The molecule has 1 amide bonds. The molecular formula is C10H10ClNO6S. The number of hydrogen-bond acceptors (Lipinski definition) is 5. The van der Waals surface area contributed by atoms with E-state index in [9.17, 15) is 18.0 Å². The van der Waals surface area contributed by atoms with Gasteiger partial charge in [-0.05, 0) is 12.1 Å². The Hall–Kier alpha value is -1.80. The first kappa shape index (κ1) is 15.3. The van der Waals surface area contributed by atoms with E-state index in [0.29, 0.717) is 0 Å². The number of carbonyl (C=O) groups excluding carboxylic acids is 1. The number of carboxylic acids is 1. The number of rotatable bonds is 3. The largest absolute Gasteiger partial charge is 0.478 e. The van der Waals surface area contributed by atoms with Crippen LogP contribution in [0.1, 0.15) is 10.4 Å². The molecule has 0 radical (unpaired) electrons. The Morgan fingerprint density at radius 2 is 1.95 bits per heavy atom. The molecule has 0 heterocycles. The molecule has 0 saturated carbocycles. The highest BCUT2D eigenvalue weighted by atomic mass is 35.7. The zero-order valence-corrected chi connectivity index (χ0v) is 11.5. The number of nitrogens with zero attached hydrogens (tertiary/aromatic N) is 1. The van der Waals surface area contributed by atoms with E-state index in [0.717, 1.165) is 18.1 Å². The SMILES string of the molecule is COC(=O)N(C)c1cccc(C(=O)O)c1S(=O)(=O)Cl. The van der Waals surface area contributed by atoms with Gasteiger partial charge in [-0.1, -0.05) is 6.07 Å². The van der Waals surface area contributed by atoms with Crippen LogP contribution >= 0.6 is 10.7 Å². The van der Waals surface area contributed by atoms with Gasteiger partial charge in [-0.15, -0.1) is 0 Å². The van der Waals surface area contributed by atoms with E-state index in [1.165, 1.54) is 19.2 Å². The second-order valence-corrected chi connectivity index (χ2v) is 5.93. The summed E-state index contributed by atoms with van der Waals surface area (Å²) in [5, 5.41) is 8.97. The maximum atomic E-state index is 11.5. The van der Waals surface area contributed by atoms with E-state index < -0.39 is 31.6 Å². The molecule has 1 N–H and O–H groups in total. The molecule has 7 nitrogen and oxygen atoms in total. The highest BCUT2D eigenvalue weighted by Crippen LogP contribution is 2.31. The highest BCUT2D eigenvalue weighted by molar-refractivity contribution is 8.14. The second-order valence-electron chi connectivity index (χ2n) is 3.43. The lowest BCUT2D eigenvalue weighted by atomic mass is 10.2. The average Bonchev–Trinajstić information content (AvgIpc) is 2.34. The van der Waals surface area contributed by atoms with Crippen molar-refractivity contribution in [2.24, 2.45) is 0 Å². The zero-order valence-electron chi connectivity index (χ0n) is 9.95. The number of halogens is 1. The summed E-state index contributed by atoms with van der Waals surface area (Å²) in [6.45, 7) is 0. The Labute approximate surface area is 113 Å². The van der Waals surface area contributed by atoms with E-state index in [-0.39, 0.29) is 5.69 Å². The van der Waals surface area contributed by atoms with Crippen LogP contribution in [0.25, 0.3) is 0 Å². The lowest BCUT2D eigenvalue weighted by Gasteiger charge is -2.19. The first-order chi connectivity index (χ1) is 8.70. The van der Waals surface area contributed by atoms with Gasteiger partial charge in [-0.3, -0.25) is 4.90 Å². The fourth-order valence-electron chi connectivity index (χ4n) is 1.45. The molecule has 0 aliphatic rings. The Morgan fingerprint density at radius 3 is 2.37 bits per heavy atom. The van der Waals surface area contributed by atoms with Crippen LogP contribution in [-0.2, 0) is 13.8 Å². The van der Waals surface area contributed by atoms with E-state index in [1.54, 1.807) is 0 Å². The number of methoxy groups -OCH3 is 1. The smallest absolute Gasteiger partial charge is 0.413 e. The van der Waals surface area contributed by atoms with Crippen LogP contribution in [0.15, 0.2) is 23.1 Å². The summed E-state index contributed by atoms with van der Waals surface area (Å²) in [6, 6.07) is 3.62. The fourth-order valence-corrected chi connectivity index (χ4v) is 2.81. The topological polar surface area (TPSA) is 101 Å². The van der Waals surface area contributed by atoms with Gasteiger partial charge in [0.2, 0.25) is 0 Å². The Bertz CT molecular complexity index is 627. The lowest BCUT2D eigenvalue weighted by Crippen LogP contribution is -2.27. The summed E-state index contributed by atoms with van der Waals surface area (Å²) in [5.74, 6) is -1.47. The maximum Gasteiger partial charge on any atom is 0.413 e. The summed E-state index contributed by atoms with van der Waals surface area (Å²) in [6.07, 6.45) is -0.857. The van der Waals surface area contributed by atoms with E-state index in [2.05, 4.69) is 4.74 Å². The van der Waals surface area contributed by atoms with Crippen LogP contribution in [0.2, 0.25) is 0 Å². The standard InChI is InChI=1S/C10H10ClNO6S/c1-12(10(15)18-2)7-5-3-4-6(9(13)14)8(7)19(11,16)17/h3-5H,1-2H3,(H,13,14). The molecule has 104 valence electrons. The van der Waals surface area contributed by atoms with Crippen LogP contribution in [0.4, 0.5) is 10.5 Å². The molecule has 19 heavy (non-hydrogen) atoms. The number of benzene rings is 1. The van der Waals surface area contributed by atoms with Crippen LogP contribution in [0.3, 0.4) is 0 Å². The number of hydrogen-bond donors (Lipinski definition) is 1. The van der Waals surface area contributed by atoms with Gasteiger partial charge in [-0.25, -0.2) is 18.0 Å². The molecule has 0 saturated heterocycles. The predicted molar refractivity (Wildman–Crippen MR) is 67.2 cm³/mol. The Balaban J connectivity index is 3.62. The maximum absolute atomic E-state index is 11.5. The summed E-state index contributed by atoms with van der Waals surface area (Å²) in [7, 11) is 3.22. The number of aromatic carboxylic acids is 1. The van der Waals surface area contributed by atoms with E-state index >= 15 is 0 Å². The van der Waals surface area contributed by atoms with Crippen LogP contribution in [0.5, 0.6) is 0 Å². The Morgan fingerprint density at radius 1 is 1.37 bits per heavy atom. The van der Waals surface area contributed by atoms with Crippen LogP contribution < -0.4 is 4.90 Å². The highest BCUT2D eigenvalue weighted by Gasteiger charge is 2.28. The zero-order chi connectivity index (χ0) is 14.8. The average molecular weight is 308 g/mol. The second kappa shape index (κ2) is 5.45. The molecule has 1 aromatic carbocycles. The van der Waals surface area contributed by atoms with Crippen molar-refractivity contribution < 1.29 is 27.9 Å². The van der Waals surface area contributed by atoms with Gasteiger partial charge in [0.1, 0.15) is 4.90 Å². The normalized spacial score (nSPS) is 10.9. The predicted octanol–water partition coefficient (Wildman–Crippen LogP) is 1.51. The lowest BCUT2D eigenvalue weighted by molar-refractivity contribution is 0.0692. The van der Waals surface area contributed by atoms with Gasteiger partial charge in [0.25, 0.3) is 9.05 Å². The molecule has 0 aliphatic heterocycles. The molecule has 9 heteroatoms. The number of anilines is 1. The minimum Gasteiger partial charge on any atom is -0.478 e. The third-order valence-electron chi connectivity index (χ3n) is 2.28. The van der Waals surface area contributed by atoms with Crippen molar-refractivity contribution in [1.82, 2.24) is 0 Å². The van der Waals surface area contributed by atoms with Gasteiger partial charge in [0.15, 0.2) is 0 Å². The van der Waals surface area contributed by atoms with Crippen molar-refractivity contribution in [2.75, 3.05) is 19.1 Å². The monoisotopic (exact) mass is 307 g/mol. The number of carboxylic acid groups (broad SMARTS) is 1. The first-order valence-electron chi connectivity index (χ1n) is 4.82. The van der Waals surface area contributed by atoms with Gasteiger partial charge >= 0.3 is 12.1 Å². The minimum absolute atomic E-state index is 0.179. The van der Waals surface area contributed by atoms with Crippen molar-refractivity contribution in [3.63, 3.8) is 0 Å². The van der Waals surface area contributed by atoms with Gasteiger partial charge in [0.05, 0.1) is 18.4 Å². The minimum atomic E-state index is -4.35. The molecule has 0 aliphatic carbocycles. The van der Waals surface area contributed by atoms with E-state index in [1.807, 2.05) is 0 Å². The van der Waals surface area contributed by atoms with Gasteiger partial charge < -0.3 is 9.84 Å². The van der Waals surface area contributed by atoms with Crippen molar-refractivity contribution in [3.05, 3.63) is 23.8 Å². The molecule has 0 spiro atoms. The van der Waals surface area contributed by atoms with Crippen LogP contribution in [-0.4, -0.2) is 39.7 Å². The third-order valence-corrected chi connectivity index (χ3v) is 3.66. The van der Waals surface area contributed by atoms with Crippen molar-refractivity contribution >= 4 is 37.5 Å². The van der Waals surface area contributed by atoms with E-state index in [4.69, 9.17) is 15.8 Å². The quantitative estimate of drug-likeness (QED) is 0.849. The molecule has 0 fully saturated rings. The van der Waals surface area contributed by atoms with Gasteiger partial charge in [0, 0.05) is 17.7 Å². The summed E-state index contributed by atoms with van der Waals surface area (Å²) in [5.41, 5.74) is -0.704. The van der Waals surface area contributed by atoms with Crippen LogP contribution in [0, 0.1) is 0 Å². The Kier molecular flexibility index (Phi) is 4.38. The summed E-state index contributed by atoms with van der Waals surface area (Å²) >= 11 is 0. The number of ether oxygens (including phenoxy) is 1. The van der Waals surface area contributed by atoms with Crippen molar-refractivity contribution in [1.29, 1.82) is 0 Å². The molecular weight excluding hydrogens is 298 g/mol. The number of amides is 1. The molecule has 1 rings (SSSR count). The summed E-state index contributed by atoms with van der Waals surface area (Å²) < 4.78 is 27.5. The number of carbonyl (C=O) groups is 2. The first-order valence-corrected chi connectivity index (χ1v) is 7.13. The molecule has 0 unspecified atom stereocenters. The third kappa shape index (κ3) is 3.15. The molecule has 1 aromatic rings. The molecule has 0 atom stereocenters. The molecule has 0 bridgehead atoms.